The number of aliphatic hydroxyl groups is 1. The molecule has 1 N–H and O–H groups in total. The summed E-state index contributed by atoms with van der Waals surface area (Å²) in [5.41, 5.74) is 0. The van der Waals surface area contributed by atoms with Crippen LogP contribution in [0.25, 0.3) is 0 Å². The Morgan fingerprint density at radius 2 is 2.35 bits per heavy atom. The van der Waals surface area contributed by atoms with Crippen molar-refractivity contribution >= 4 is 5.82 Å². The average Bonchev–Trinajstić information content (AvgIpc) is 2.39. The molecule has 0 saturated carbocycles. The van der Waals surface area contributed by atoms with Crippen LogP contribution in [0.1, 0.15) is 26.2 Å². The molecule has 1 aliphatic rings. The maximum atomic E-state index is 9.39. The number of ether oxygens (including phenoxy) is 1. The summed E-state index contributed by atoms with van der Waals surface area (Å²) < 4.78 is 5.41. The second-order valence-corrected chi connectivity index (χ2v) is 4.29. The molecule has 4 heteroatoms. The van der Waals surface area contributed by atoms with Crippen LogP contribution in [0.5, 0.6) is 5.88 Å². The number of anilines is 1. The Bertz CT molecular complexity index is 357. The molecule has 0 bridgehead atoms. The van der Waals surface area contributed by atoms with Crippen LogP contribution in [-0.4, -0.2) is 35.9 Å². The number of aromatic nitrogens is 1. The fraction of sp³-hybridized carbons (Fsp3) is 0.615. The first-order valence-corrected chi connectivity index (χ1v) is 6.32. The zero-order valence-corrected chi connectivity index (χ0v) is 10.3. The maximum Gasteiger partial charge on any atom is 0.215 e. The lowest BCUT2D eigenvalue weighted by Crippen LogP contribution is -2.42. The van der Waals surface area contributed by atoms with Crippen molar-refractivity contribution in [3.63, 3.8) is 0 Å². The normalized spacial score (nSPS) is 20.4. The molecule has 0 aromatic carbocycles. The molecule has 1 aromatic heterocycles. The molecule has 94 valence electrons. The van der Waals surface area contributed by atoms with Gasteiger partial charge >= 0.3 is 0 Å². The van der Waals surface area contributed by atoms with Crippen molar-refractivity contribution in [2.75, 3.05) is 24.7 Å². The van der Waals surface area contributed by atoms with Crippen LogP contribution in [0.3, 0.4) is 0 Å². The summed E-state index contributed by atoms with van der Waals surface area (Å²) in [7, 11) is 0. The van der Waals surface area contributed by atoms with Crippen LogP contribution < -0.4 is 9.64 Å². The number of nitrogens with zero attached hydrogens (tertiary/aromatic N) is 2. The Labute approximate surface area is 102 Å². The summed E-state index contributed by atoms with van der Waals surface area (Å²) in [6, 6.07) is 6.01. The zero-order valence-electron chi connectivity index (χ0n) is 10.3. The Balaban J connectivity index is 2.16. The van der Waals surface area contributed by atoms with Crippen molar-refractivity contribution in [3.05, 3.63) is 18.2 Å². The van der Waals surface area contributed by atoms with Crippen molar-refractivity contribution in [2.24, 2.45) is 0 Å². The Hall–Kier alpha value is -1.29. The molecule has 1 aromatic rings. The van der Waals surface area contributed by atoms with E-state index in [2.05, 4.69) is 9.88 Å². The highest BCUT2D eigenvalue weighted by molar-refractivity contribution is 5.42. The first-order valence-electron chi connectivity index (χ1n) is 6.32. The van der Waals surface area contributed by atoms with Gasteiger partial charge in [-0.3, -0.25) is 0 Å². The first-order chi connectivity index (χ1) is 8.35. The highest BCUT2D eigenvalue weighted by atomic mass is 16.5. The van der Waals surface area contributed by atoms with E-state index < -0.39 is 0 Å². The van der Waals surface area contributed by atoms with Gasteiger partial charge < -0.3 is 14.7 Å². The molecule has 4 nitrogen and oxygen atoms in total. The summed E-state index contributed by atoms with van der Waals surface area (Å²) in [6.07, 6.45) is 3.39. The molecule has 2 heterocycles. The van der Waals surface area contributed by atoms with Crippen molar-refractivity contribution in [3.8, 4) is 5.88 Å². The fourth-order valence-corrected chi connectivity index (χ4v) is 2.28. The highest BCUT2D eigenvalue weighted by Crippen LogP contribution is 2.24. The van der Waals surface area contributed by atoms with E-state index in [0.717, 1.165) is 25.2 Å². The van der Waals surface area contributed by atoms with Gasteiger partial charge in [-0.2, -0.15) is 4.98 Å². The summed E-state index contributed by atoms with van der Waals surface area (Å²) >= 11 is 0. The van der Waals surface area contributed by atoms with E-state index in [1.807, 2.05) is 25.1 Å². The van der Waals surface area contributed by atoms with E-state index in [4.69, 9.17) is 4.74 Å². The standard InChI is InChI=1S/C13H20N2O2/c1-2-17-13-8-5-7-12(14-13)15-9-4-3-6-11(15)10-16/h5,7-8,11,16H,2-4,6,9-10H2,1H3. The second-order valence-electron chi connectivity index (χ2n) is 4.29. The minimum Gasteiger partial charge on any atom is -0.478 e. The molecule has 1 atom stereocenters. The van der Waals surface area contributed by atoms with Gasteiger partial charge in [0.25, 0.3) is 0 Å². The van der Waals surface area contributed by atoms with Gasteiger partial charge in [0.1, 0.15) is 5.82 Å². The highest BCUT2D eigenvalue weighted by Gasteiger charge is 2.22. The van der Waals surface area contributed by atoms with E-state index in [1.165, 1.54) is 6.42 Å². The first kappa shape index (κ1) is 12.2. The van der Waals surface area contributed by atoms with Gasteiger partial charge in [-0.25, -0.2) is 0 Å². The lowest BCUT2D eigenvalue weighted by Gasteiger charge is -2.35. The molecular formula is C13H20N2O2. The van der Waals surface area contributed by atoms with Gasteiger partial charge in [0.15, 0.2) is 0 Å². The van der Waals surface area contributed by atoms with Crippen LogP contribution in [0.15, 0.2) is 18.2 Å². The number of pyridine rings is 1. The van der Waals surface area contributed by atoms with E-state index in [0.29, 0.717) is 12.5 Å². The van der Waals surface area contributed by atoms with Crippen molar-refractivity contribution in [1.29, 1.82) is 0 Å². The van der Waals surface area contributed by atoms with Gasteiger partial charge in [-0.1, -0.05) is 6.07 Å². The number of hydrogen-bond acceptors (Lipinski definition) is 4. The molecule has 17 heavy (non-hydrogen) atoms. The average molecular weight is 236 g/mol. The number of hydrogen-bond donors (Lipinski definition) is 1. The van der Waals surface area contributed by atoms with Gasteiger partial charge in [0.2, 0.25) is 5.88 Å². The van der Waals surface area contributed by atoms with E-state index in [-0.39, 0.29) is 12.6 Å². The van der Waals surface area contributed by atoms with Crippen LogP contribution in [0.2, 0.25) is 0 Å². The molecule has 1 saturated heterocycles. The topological polar surface area (TPSA) is 45.6 Å². The predicted octanol–water partition coefficient (Wildman–Crippen LogP) is 1.83. The van der Waals surface area contributed by atoms with Gasteiger partial charge in [-0.05, 0) is 32.3 Å². The van der Waals surface area contributed by atoms with Crippen molar-refractivity contribution < 1.29 is 9.84 Å². The van der Waals surface area contributed by atoms with Crippen LogP contribution in [-0.2, 0) is 0 Å². The van der Waals surface area contributed by atoms with E-state index in [1.54, 1.807) is 0 Å². The van der Waals surface area contributed by atoms with Gasteiger partial charge in [-0.15, -0.1) is 0 Å². The van der Waals surface area contributed by atoms with E-state index >= 15 is 0 Å². The lowest BCUT2D eigenvalue weighted by molar-refractivity contribution is 0.239. The minimum absolute atomic E-state index is 0.195. The van der Waals surface area contributed by atoms with Crippen LogP contribution >= 0.6 is 0 Å². The van der Waals surface area contributed by atoms with Crippen LogP contribution in [0.4, 0.5) is 5.82 Å². The monoisotopic (exact) mass is 236 g/mol. The number of rotatable bonds is 4. The Kier molecular flexibility index (Phi) is 4.20. The summed E-state index contributed by atoms with van der Waals surface area (Å²) in [5, 5.41) is 9.39. The molecule has 1 fully saturated rings. The van der Waals surface area contributed by atoms with Gasteiger partial charge in [0.05, 0.1) is 19.3 Å². The smallest absolute Gasteiger partial charge is 0.215 e. The second kappa shape index (κ2) is 5.87. The number of aliphatic hydroxyl groups excluding tert-OH is 1. The summed E-state index contributed by atoms with van der Waals surface area (Å²) in [5.74, 6) is 1.57. The van der Waals surface area contributed by atoms with Crippen molar-refractivity contribution in [2.45, 2.75) is 32.2 Å². The van der Waals surface area contributed by atoms with E-state index in [9.17, 15) is 5.11 Å². The molecule has 0 aliphatic carbocycles. The molecular weight excluding hydrogens is 216 g/mol. The fourth-order valence-electron chi connectivity index (χ4n) is 2.28. The Morgan fingerprint density at radius 3 is 3.12 bits per heavy atom. The zero-order chi connectivity index (χ0) is 12.1. The van der Waals surface area contributed by atoms with Crippen molar-refractivity contribution in [1.82, 2.24) is 4.98 Å². The molecule has 1 unspecified atom stereocenters. The third-order valence-corrected chi connectivity index (χ3v) is 3.13. The lowest BCUT2D eigenvalue weighted by atomic mass is 10.0. The third-order valence-electron chi connectivity index (χ3n) is 3.13. The molecule has 0 amide bonds. The largest absolute Gasteiger partial charge is 0.478 e. The third kappa shape index (κ3) is 2.88. The maximum absolute atomic E-state index is 9.39. The molecule has 0 radical (unpaired) electrons. The number of piperidine rings is 1. The molecule has 2 rings (SSSR count). The Morgan fingerprint density at radius 1 is 1.47 bits per heavy atom. The molecule has 1 aliphatic heterocycles. The minimum atomic E-state index is 0.195. The summed E-state index contributed by atoms with van der Waals surface area (Å²) in [6.45, 7) is 3.74. The SMILES string of the molecule is CCOc1cccc(N2CCCCC2CO)n1. The van der Waals surface area contributed by atoms with Gasteiger partial charge in [0, 0.05) is 12.6 Å². The quantitative estimate of drug-likeness (QED) is 0.866. The predicted molar refractivity (Wildman–Crippen MR) is 67.5 cm³/mol. The molecule has 0 spiro atoms. The van der Waals surface area contributed by atoms with Crippen LogP contribution in [0, 0.1) is 0 Å². The summed E-state index contributed by atoms with van der Waals surface area (Å²) in [4.78, 5) is 6.66.